The Morgan fingerprint density at radius 3 is 2.39 bits per heavy atom. The van der Waals surface area contributed by atoms with E-state index in [0.717, 1.165) is 12.0 Å². The molecule has 2 amide bonds. The molecule has 0 aliphatic heterocycles. The fourth-order valence-electron chi connectivity index (χ4n) is 2.47. The molecule has 0 radical (unpaired) electrons. The number of nitrogens with one attached hydrogen (secondary N) is 3. The minimum atomic E-state index is -0.418. The summed E-state index contributed by atoms with van der Waals surface area (Å²) in [4.78, 5) is 24.0. The van der Waals surface area contributed by atoms with Crippen LogP contribution in [0.15, 0.2) is 48.5 Å². The normalized spacial score (nSPS) is 11.2. The van der Waals surface area contributed by atoms with Crippen molar-refractivity contribution in [2.75, 3.05) is 6.61 Å². The molecular weight excluding hydrogens is 374 g/mol. The largest absolute Gasteiger partial charge is 0.484 e. The molecule has 0 aliphatic carbocycles. The number of carbonyl (C=O) groups excluding carboxylic acids is 2. The minimum absolute atomic E-state index is 0.000454. The number of thiocarbonyl (C=S) groups is 1. The number of hydrazine groups is 1. The molecule has 3 N–H and O–H groups in total. The van der Waals surface area contributed by atoms with E-state index in [2.05, 4.69) is 30.0 Å². The molecule has 0 fully saturated rings. The van der Waals surface area contributed by atoms with Gasteiger partial charge in [0.2, 0.25) is 0 Å². The van der Waals surface area contributed by atoms with Crippen LogP contribution in [-0.2, 0) is 4.79 Å². The highest BCUT2D eigenvalue weighted by Gasteiger charge is 2.11. The molecule has 2 aromatic rings. The van der Waals surface area contributed by atoms with E-state index < -0.39 is 5.91 Å². The van der Waals surface area contributed by atoms with Crippen molar-refractivity contribution in [1.82, 2.24) is 16.2 Å². The Kier molecular flexibility index (Phi) is 7.95. The van der Waals surface area contributed by atoms with Crippen LogP contribution >= 0.6 is 12.2 Å². The number of hydrogen-bond acceptors (Lipinski definition) is 4. The molecule has 0 aromatic heterocycles. The summed E-state index contributed by atoms with van der Waals surface area (Å²) < 4.78 is 5.45. The van der Waals surface area contributed by atoms with Gasteiger partial charge in [-0.2, -0.15) is 0 Å². The summed E-state index contributed by atoms with van der Waals surface area (Å²) in [6.07, 6.45) is 1.06. The van der Waals surface area contributed by atoms with Crippen LogP contribution < -0.4 is 20.9 Å². The van der Waals surface area contributed by atoms with Crippen LogP contribution in [0.3, 0.4) is 0 Å². The van der Waals surface area contributed by atoms with Gasteiger partial charge in [0.15, 0.2) is 11.7 Å². The third-order valence-electron chi connectivity index (χ3n) is 4.36. The van der Waals surface area contributed by atoms with E-state index in [-0.39, 0.29) is 17.6 Å². The average molecular weight is 400 g/mol. The molecular formula is C21H25N3O3S. The predicted molar refractivity (Wildman–Crippen MR) is 113 cm³/mol. The SMILES string of the molecule is CCC(C)c1ccc(OCC(=O)NNC(=S)NC(=O)c2ccccc2C)cc1. The average Bonchev–Trinajstić information content (AvgIpc) is 2.70. The van der Waals surface area contributed by atoms with Gasteiger partial charge in [-0.3, -0.25) is 25.8 Å². The number of benzene rings is 2. The van der Waals surface area contributed by atoms with E-state index >= 15 is 0 Å². The Bertz CT molecular complexity index is 837. The molecule has 0 saturated carbocycles. The van der Waals surface area contributed by atoms with Gasteiger partial charge in [0.05, 0.1) is 0 Å². The predicted octanol–water partition coefficient (Wildman–Crippen LogP) is 3.22. The zero-order valence-corrected chi connectivity index (χ0v) is 17.1. The fourth-order valence-corrected chi connectivity index (χ4v) is 2.61. The van der Waals surface area contributed by atoms with E-state index in [9.17, 15) is 9.59 Å². The minimum Gasteiger partial charge on any atom is -0.484 e. The monoisotopic (exact) mass is 399 g/mol. The molecule has 2 aromatic carbocycles. The van der Waals surface area contributed by atoms with Gasteiger partial charge < -0.3 is 4.74 Å². The van der Waals surface area contributed by atoms with Crippen molar-refractivity contribution in [2.45, 2.75) is 33.1 Å². The summed E-state index contributed by atoms with van der Waals surface area (Å²) in [5, 5.41) is 2.51. The van der Waals surface area contributed by atoms with Crippen molar-refractivity contribution in [3.05, 3.63) is 65.2 Å². The topological polar surface area (TPSA) is 79.5 Å². The second kappa shape index (κ2) is 10.4. The maximum atomic E-state index is 12.2. The summed E-state index contributed by atoms with van der Waals surface area (Å²) in [6.45, 7) is 5.96. The molecule has 28 heavy (non-hydrogen) atoms. The van der Waals surface area contributed by atoms with Crippen LogP contribution in [-0.4, -0.2) is 23.5 Å². The lowest BCUT2D eigenvalue weighted by Gasteiger charge is -2.13. The molecule has 148 valence electrons. The van der Waals surface area contributed by atoms with Gasteiger partial charge in [-0.1, -0.05) is 44.2 Å². The quantitative estimate of drug-likeness (QED) is 0.513. The maximum absolute atomic E-state index is 12.2. The third-order valence-corrected chi connectivity index (χ3v) is 4.57. The number of amides is 2. The lowest BCUT2D eigenvalue weighted by molar-refractivity contribution is -0.123. The first kappa shape index (κ1) is 21.4. The van der Waals surface area contributed by atoms with Crippen molar-refractivity contribution in [3.8, 4) is 5.75 Å². The Labute approximate surface area is 170 Å². The van der Waals surface area contributed by atoms with E-state index in [0.29, 0.717) is 17.2 Å². The van der Waals surface area contributed by atoms with Crippen LogP contribution in [0.2, 0.25) is 0 Å². The highest BCUT2D eigenvalue weighted by molar-refractivity contribution is 7.80. The molecule has 6 nitrogen and oxygen atoms in total. The van der Waals surface area contributed by atoms with Crippen LogP contribution in [0.1, 0.15) is 47.7 Å². The highest BCUT2D eigenvalue weighted by Crippen LogP contribution is 2.21. The summed E-state index contributed by atoms with van der Waals surface area (Å²) in [7, 11) is 0. The first-order chi connectivity index (χ1) is 13.4. The second-order valence-corrected chi connectivity index (χ2v) is 6.85. The van der Waals surface area contributed by atoms with Gasteiger partial charge in [-0.15, -0.1) is 0 Å². The Morgan fingerprint density at radius 1 is 1.07 bits per heavy atom. The second-order valence-electron chi connectivity index (χ2n) is 6.44. The maximum Gasteiger partial charge on any atom is 0.276 e. The summed E-state index contributed by atoms with van der Waals surface area (Å²) in [5.41, 5.74) is 7.46. The van der Waals surface area contributed by atoms with E-state index in [1.54, 1.807) is 12.1 Å². The lowest BCUT2D eigenvalue weighted by Crippen LogP contribution is -2.49. The molecule has 1 unspecified atom stereocenters. The smallest absolute Gasteiger partial charge is 0.276 e. The molecule has 7 heteroatoms. The number of rotatable bonds is 6. The molecule has 1 atom stereocenters. The summed E-state index contributed by atoms with van der Waals surface area (Å²) in [6, 6.07) is 14.8. The molecule has 0 aliphatic rings. The third kappa shape index (κ3) is 6.35. The van der Waals surface area contributed by atoms with E-state index in [1.807, 2.05) is 43.3 Å². The molecule has 0 heterocycles. The van der Waals surface area contributed by atoms with Crippen LogP contribution in [0.4, 0.5) is 0 Å². The first-order valence-corrected chi connectivity index (χ1v) is 9.50. The van der Waals surface area contributed by atoms with Crippen molar-refractivity contribution in [1.29, 1.82) is 0 Å². The molecule has 0 spiro atoms. The highest BCUT2D eigenvalue weighted by atomic mass is 32.1. The van der Waals surface area contributed by atoms with Crippen LogP contribution in [0.25, 0.3) is 0 Å². The van der Waals surface area contributed by atoms with Gasteiger partial charge in [0.25, 0.3) is 11.8 Å². The Morgan fingerprint density at radius 2 is 1.75 bits per heavy atom. The van der Waals surface area contributed by atoms with Crippen LogP contribution in [0, 0.1) is 6.92 Å². The van der Waals surface area contributed by atoms with Gasteiger partial charge in [0, 0.05) is 5.56 Å². The fraction of sp³-hybridized carbons (Fsp3) is 0.286. The van der Waals surface area contributed by atoms with E-state index in [4.69, 9.17) is 17.0 Å². The zero-order chi connectivity index (χ0) is 20.5. The van der Waals surface area contributed by atoms with Gasteiger partial charge in [-0.25, -0.2) is 0 Å². The lowest BCUT2D eigenvalue weighted by atomic mass is 9.99. The number of carbonyl (C=O) groups is 2. The van der Waals surface area contributed by atoms with Crippen molar-refractivity contribution in [2.24, 2.45) is 0 Å². The van der Waals surface area contributed by atoms with Crippen LogP contribution in [0.5, 0.6) is 5.75 Å². The number of aryl methyl sites for hydroxylation is 1. The molecule has 0 bridgehead atoms. The Hall–Kier alpha value is -2.93. The number of hydrogen-bond donors (Lipinski definition) is 3. The number of ether oxygens (including phenoxy) is 1. The van der Waals surface area contributed by atoms with Gasteiger partial charge in [-0.05, 0) is 60.8 Å². The zero-order valence-electron chi connectivity index (χ0n) is 16.2. The Balaban J connectivity index is 1.74. The van der Waals surface area contributed by atoms with Crippen molar-refractivity contribution >= 4 is 29.1 Å². The standard InChI is InChI=1S/C21H25N3O3S/c1-4-14(2)16-9-11-17(12-10-16)27-13-19(25)23-24-21(28)22-20(26)18-8-6-5-7-15(18)3/h5-12,14H,4,13H2,1-3H3,(H,23,25)(H2,22,24,26,28). The van der Waals surface area contributed by atoms with Gasteiger partial charge in [0.1, 0.15) is 5.75 Å². The first-order valence-electron chi connectivity index (χ1n) is 9.09. The van der Waals surface area contributed by atoms with Gasteiger partial charge >= 0.3 is 0 Å². The molecule has 2 rings (SSSR count). The van der Waals surface area contributed by atoms with Crippen molar-refractivity contribution < 1.29 is 14.3 Å². The summed E-state index contributed by atoms with van der Waals surface area (Å²) in [5.74, 6) is 0.330. The van der Waals surface area contributed by atoms with E-state index in [1.165, 1.54) is 5.56 Å². The summed E-state index contributed by atoms with van der Waals surface area (Å²) >= 11 is 5.02. The van der Waals surface area contributed by atoms with Crippen molar-refractivity contribution in [3.63, 3.8) is 0 Å². The molecule has 0 saturated heterocycles.